The first-order valence-corrected chi connectivity index (χ1v) is 13.9. The minimum Gasteiger partial charge on any atom is -0.368 e. The van der Waals surface area contributed by atoms with E-state index in [4.69, 9.17) is 0 Å². The molecule has 1 aliphatic heterocycles. The molecular weight excluding hydrogens is 541 g/mol. The number of fused-ring (bicyclic) bond motifs is 1. The van der Waals surface area contributed by atoms with Crippen LogP contribution in [0.4, 0.5) is 26.6 Å². The number of hydrogen-bond acceptors (Lipinski definition) is 8. The van der Waals surface area contributed by atoms with E-state index in [1.165, 1.54) is 23.7 Å². The molecule has 1 aliphatic rings. The van der Waals surface area contributed by atoms with E-state index in [1.54, 1.807) is 48.4 Å². The summed E-state index contributed by atoms with van der Waals surface area (Å²) in [4.78, 5) is 39.5. The molecule has 6 rings (SSSR count). The number of carbonyl (C=O) groups is 2. The number of anilines is 4. The highest BCUT2D eigenvalue weighted by molar-refractivity contribution is 7.10. The third-order valence-corrected chi connectivity index (χ3v) is 7.74. The average molecular weight is 568 g/mol. The van der Waals surface area contributed by atoms with E-state index in [9.17, 15) is 14.0 Å². The molecule has 2 aromatic heterocycles. The van der Waals surface area contributed by atoms with Crippen LogP contribution in [0.15, 0.2) is 79.0 Å². The van der Waals surface area contributed by atoms with Crippen LogP contribution in [0, 0.1) is 12.7 Å². The first kappa shape index (κ1) is 26.3. The SMILES string of the molecule is Cc1nsc(Nc2cnc3ccccc3n2)c1C(=O)Nc1cccc(C(=O)N2CCN(c3cccc(F)c3)CC2)c1. The van der Waals surface area contributed by atoms with E-state index >= 15 is 0 Å². The summed E-state index contributed by atoms with van der Waals surface area (Å²) < 4.78 is 18.0. The van der Waals surface area contributed by atoms with Crippen LogP contribution >= 0.6 is 11.5 Å². The molecule has 1 fully saturated rings. The van der Waals surface area contributed by atoms with Crippen molar-refractivity contribution in [2.75, 3.05) is 41.7 Å². The maximum atomic E-state index is 13.6. The van der Waals surface area contributed by atoms with Gasteiger partial charge in [0, 0.05) is 43.1 Å². The van der Waals surface area contributed by atoms with Crippen molar-refractivity contribution in [3.8, 4) is 0 Å². The van der Waals surface area contributed by atoms with Crippen LogP contribution < -0.4 is 15.5 Å². The Hall–Kier alpha value is -4.90. The number of halogens is 1. The number of para-hydroxylation sites is 2. The topological polar surface area (TPSA) is 103 Å². The Balaban J connectivity index is 1.13. The van der Waals surface area contributed by atoms with Gasteiger partial charge >= 0.3 is 0 Å². The third-order valence-electron chi connectivity index (χ3n) is 6.89. The lowest BCUT2D eigenvalue weighted by Gasteiger charge is -2.36. The molecular formula is C30H26FN7O2S. The molecule has 11 heteroatoms. The summed E-state index contributed by atoms with van der Waals surface area (Å²) in [7, 11) is 0. The van der Waals surface area contributed by atoms with Crippen LogP contribution in [0.25, 0.3) is 11.0 Å². The van der Waals surface area contributed by atoms with E-state index in [1.807, 2.05) is 30.3 Å². The van der Waals surface area contributed by atoms with E-state index in [-0.39, 0.29) is 17.6 Å². The van der Waals surface area contributed by atoms with Gasteiger partial charge < -0.3 is 20.4 Å². The zero-order valence-corrected chi connectivity index (χ0v) is 23.0. The smallest absolute Gasteiger partial charge is 0.260 e. The third kappa shape index (κ3) is 5.71. The molecule has 3 aromatic carbocycles. The summed E-state index contributed by atoms with van der Waals surface area (Å²) in [6, 6.07) is 20.9. The van der Waals surface area contributed by atoms with Crippen LogP contribution in [-0.4, -0.2) is 57.2 Å². The predicted octanol–water partition coefficient (Wildman–Crippen LogP) is 5.49. The van der Waals surface area contributed by atoms with Crippen LogP contribution in [-0.2, 0) is 0 Å². The lowest BCUT2D eigenvalue weighted by molar-refractivity contribution is 0.0746. The zero-order chi connectivity index (χ0) is 28.3. The highest BCUT2D eigenvalue weighted by Crippen LogP contribution is 2.29. The normalized spacial score (nSPS) is 13.3. The molecule has 3 heterocycles. The number of amides is 2. The first-order chi connectivity index (χ1) is 19.9. The minimum absolute atomic E-state index is 0.120. The molecule has 206 valence electrons. The van der Waals surface area contributed by atoms with Crippen LogP contribution in [0.1, 0.15) is 26.4 Å². The average Bonchev–Trinajstić information content (AvgIpc) is 3.36. The molecule has 0 bridgehead atoms. The molecule has 41 heavy (non-hydrogen) atoms. The number of carbonyl (C=O) groups excluding carboxylic acids is 2. The first-order valence-electron chi connectivity index (χ1n) is 13.1. The summed E-state index contributed by atoms with van der Waals surface area (Å²) in [5.74, 6) is -0.239. The fourth-order valence-corrected chi connectivity index (χ4v) is 5.60. The maximum absolute atomic E-state index is 13.6. The predicted molar refractivity (Wildman–Crippen MR) is 159 cm³/mol. The van der Waals surface area contributed by atoms with Gasteiger partial charge in [-0.2, -0.15) is 4.37 Å². The number of aryl methyl sites for hydroxylation is 1. The Bertz CT molecular complexity index is 1750. The molecule has 0 spiro atoms. The Kier molecular flexibility index (Phi) is 7.26. The van der Waals surface area contributed by atoms with E-state index in [0.717, 1.165) is 16.7 Å². The van der Waals surface area contributed by atoms with Gasteiger partial charge in [0.1, 0.15) is 16.6 Å². The Morgan fingerprint density at radius 1 is 0.927 bits per heavy atom. The fourth-order valence-electron chi connectivity index (χ4n) is 4.80. The van der Waals surface area contributed by atoms with Crippen LogP contribution in [0.5, 0.6) is 0 Å². The molecule has 0 radical (unpaired) electrons. The van der Waals surface area contributed by atoms with Crippen LogP contribution in [0.3, 0.4) is 0 Å². The van der Waals surface area contributed by atoms with Gasteiger partial charge in [0.05, 0.1) is 28.5 Å². The zero-order valence-electron chi connectivity index (χ0n) is 22.2. The lowest BCUT2D eigenvalue weighted by Crippen LogP contribution is -2.48. The maximum Gasteiger partial charge on any atom is 0.260 e. The number of nitrogens with one attached hydrogen (secondary N) is 2. The van der Waals surface area contributed by atoms with Gasteiger partial charge in [-0.3, -0.25) is 14.6 Å². The summed E-state index contributed by atoms with van der Waals surface area (Å²) in [6.45, 7) is 4.00. The van der Waals surface area contributed by atoms with Gasteiger partial charge in [-0.1, -0.05) is 24.3 Å². The van der Waals surface area contributed by atoms with E-state index in [0.29, 0.717) is 59.5 Å². The van der Waals surface area contributed by atoms with Gasteiger partial charge in [0.15, 0.2) is 0 Å². The van der Waals surface area contributed by atoms with Crippen molar-refractivity contribution in [1.82, 2.24) is 19.2 Å². The molecule has 0 saturated carbocycles. The quantitative estimate of drug-likeness (QED) is 0.280. The highest BCUT2D eigenvalue weighted by Gasteiger charge is 2.24. The number of nitrogens with zero attached hydrogens (tertiary/aromatic N) is 5. The minimum atomic E-state index is -0.346. The van der Waals surface area contributed by atoms with Crippen molar-refractivity contribution in [2.45, 2.75) is 6.92 Å². The standard InChI is InChI=1S/C30H26FN7O2S/c1-19-27(29(41-36-19)35-26-18-32-24-10-2-3-11-25(24)34-26)28(39)33-22-8-4-6-20(16-22)30(40)38-14-12-37(13-15-38)23-9-5-7-21(31)17-23/h2-11,16-18H,12-15H2,1H3,(H,33,39)(H,34,35). The number of aromatic nitrogens is 3. The summed E-state index contributed by atoms with van der Waals surface area (Å²) in [5.41, 5.74) is 4.28. The second-order valence-electron chi connectivity index (χ2n) is 9.64. The van der Waals surface area contributed by atoms with Gasteiger partial charge in [-0.05, 0) is 67.0 Å². The van der Waals surface area contributed by atoms with Gasteiger partial charge in [-0.15, -0.1) is 0 Å². The van der Waals surface area contributed by atoms with Crippen molar-refractivity contribution < 1.29 is 14.0 Å². The number of piperazine rings is 1. The monoisotopic (exact) mass is 567 g/mol. The van der Waals surface area contributed by atoms with Crippen LogP contribution in [0.2, 0.25) is 0 Å². The molecule has 0 aliphatic carbocycles. The fraction of sp³-hybridized carbons (Fsp3) is 0.167. The second kappa shape index (κ2) is 11.3. The number of hydrogen-bond donors (Lipinski definition) is 2. The van der Waals surface area contributed by atoms with Crippen molar-refractivity contribution >= 4 is 56.6 Å². The highest BCUT2D eigenvalue weighted by atomic mass is 32.1. The molecule has 9 nitrogen and oxygen atoms in total. The van der Waals surface area contributed by atoms with Gasteiger partial charge in [0.2, 0.25) is 0 Å². The Morgan fingerprint density at radius 3 is 2.51 bits per heavy atom. The Labute approximate surface area is 239 Å². The molecule has 0 atom stereocenters. The van der Waals surface area contributed by atoms with Crippen molar-refractivity contribution in [3.05, 3.63) is 102 Å². The molecule has 1 saturated heterocycles. The summed E-state index contributed by atoms with van der Waals surface area (Å²) >= 11 is 1.17. The number of rotatable bonds is 6. The molecule has 0 unspecified atom stereocenters. The van der Waals surface area contributed by atoms with Crippen molar-refractivity contribution in [2.24, 2.45) is 0 Å². The lowest BCUT2D eigenvalue weighted by atomic mass is 10.1. The number of benzene rings is 3. The largest absolute Gasteiger partial charge is 0.368 e. The van der Waals surface area contributed by atoms with Gasteiger partial charge in [0.25, 0.3) is 11.8 Å². The van der Waals surface area contributed by atoms with Crippen molar-refractivity contribution in [1.29, 1.82) is 0 Å². The van der Waals surface area contributed by atoms with E-state index in [2.05, 4.69) is 29.9 Å². The Morgan fingerprint density at radius 2 is 1.71 bits per heavy atom. The summed E-state index contributed by atoms with van der Waals surface area (Å²) in [6.07, 6.45) is 1.62. The second-order valence-corrected chi connectivity index (χ2v) is 10.4. The van der Waals surface area contributed by atoms with Gasteiger partial charge in [-0.25, -0.2) is 9.37 Å². The molecule has 2 amide bonds. The summed E-state index contributed by atoms with van der Waals surface area (Å²) in [5, 5.41) is 6.64. The molecule has 5 aromatic rings. The van der Waals surface area contributed by atoms with Crippen molar-refractivity contribution in [3.63, 3.8) is 0 Å². The van der Waals surface area contributed by atoms with E-state index < -0.39 is 0 Å². The molecule has 2 N–H and O–H groups in total.